The molecule has 3 rings (SSSR count). The smallest absolute Gasteiger partial charge is 0.244 e. The fourth-order valence-corrected chi connectivity index (χ4v) is 5.41. The first-order chi connectivity index (χ1) is 18.2. The lowest BCUT2D eigenvalue weighted by molar-refractivity contribution is -0.140. The first-order valence-corrected chi connectivity index (χ1v) is 15.6. The minimum Gasteiger partial charge on any atom is -0.350 e. The number of nitrogens with zero attached hydrogens (tertiary/aromatic N) is 2. The summed E-state index contributed by atoms with van der Waals surface area (Å²) in [5.41, 5.74) is 2.62. The van der Waals surface area contributed by atoms with Crippen LogP contribution in [0.1, 0.15) is 37.5 Å². The molecule has 2 amide bonds. The highest BCUT2D eigenvalue weighted by atomic mass is 127. The highest BCUT2D eigenvalue weighted by molar-refractivity contribution is 14.1. The van der Waals surface area contributed by atoms with E-state index in [0.717, 1.165) is 30.8 Å². The van der Waals surface area contributed by atoms with Gasteiger partial charge in [-0.25, -0.2) is 8.42 Å². The van der Waals surface area contributed by atoms with Crippen molar-refractivity contribution in [3.63, 3.8) is 0 Å². The first kappa shape index (κ1) is 30.6. The Hall–Kier alpha value is -2.92. The van der Waals surface area contributed by atoms with Crippen molar-refractivity contribution in [1.82, 2.24) is 10.2 Å². The highest BCUT2D eigenvalue weighted by Crippen LogP contribution is 2.22. The van der Waals surface area contributed by atoms with E-state index in [0.29, 0.717) is 5.69 Å². The van der Waals surface area contributed by atoms with E-state index in [1.807, 2.05) is 82.3 Å². The van der Waals surface area contributed by atoms with E-state index in [-0.39, 0.29) is 18.9 Å². The Balaban J connectivity index is 2.08. The molecular weight excluding hydrogens is 625 g/mol. The number of rotatable bonds is 10. The van der Waals surface area contributed by atoms with Gasteiger partial charge >= 0.3 is 0 Å². The van der Waals surface area contributed by atoms with E-state index in [4.69, 9.17) is 0 Å². The number of hydrogen-bond acceptors (Lipinski definition) is 4. The molecule has 0 aromatic heterocycles. The second-order valence-corrected chi connectivity index (χ2v) is 13.8. The quantitative estimate of drug-likeness (QED) is 0.313. The maximum absolute atomic E-state index is 14.1. The highest BCUT2D eigenvalue weighted by Gasteiger charge is 2.34. The van der Waals surface area contributed by atoms with Crippen LogP contribution >= 0.6 is 22.6 Å². The molecule has 0 heterocycles. The number of aryl methyl sites for hydroxylation is 1. The van der Waals surface area contributed by atoms with Crippen LogP contribution < -0.4 is 9.62 Å². The minimum atomic E-state index is -3.79. The number of nitrogens with one attached hydrogen (secondary N) is 1. The Morgan fingerprint density at radius 1 is 0.923 bits per heavy atom. The second-order valence-electron chi connectivity index (χ2n) is 10.6. The van der Waals surface area contributed by atoms with Crippen LogP contribution in [0.2, 0.25) is 0 Å². The van der Waals surface area contributed by atoms with E-state index in [9.17, 15) is 18.0 Å². The molecule has 0 fully saturated rings. The van der Waals surface area contributed by atoms with Crippen LogP contribution in [-0.4, -0.2) is 49.5 Å². The van der Waals surface area contributed by atoms with Gasteiger partial charge in [0.25, 0.3) is 0 Å². The molecule has 39 heavy (non-hydrogen) atoms. The number of carbonyl (C=O) groups excluding carboxylic acids is 2. The third kappa shape index (κ3) is 9.06. The third-order valence-electron chi connectivity index (χ3n) is 6.17. The Morgan fingerprint density at radius 3 is 2.08 bits per heavy atom. The summed E-state index contributed by atoms with van der Waals surface area (Å²) in [6, 6.07) is 23.3. The number of sulfonamides is 1. The number of hydrogen-bond donors (Lipinski definition) is 1. The second kappa shape index (κ2) is 13.0. The van der Waals surface area contributed by atoms with Gasteiger partial charge in [0, 0.05) is 22.1 Å². The van der Waals surface area contributed by atoms with Crippen molar-refractivity contribution in [1.29, 1.82) is 0 Å². The molecule has 3 aromatic rings. The summed E-state index contributed by atoms with van der Waals surface area (Å²) in [5, 5.41) is 3.03. The normalized spacial score (nSPS) is 12.5. The average molecular weight is 662 g/mol. The Labute approximate surface area is 245 Å². The van der Waals surface area contributed by atoms with Gasteiger partial charge in [-0.2, -0.15) is 0 Å². The lowest BCUT2D eigenvalue weighted by Gasteiger charge is -2.35. The van der Waals surface area contributed by atoms with E-state index >= 15 is 0 Å². The van der Waals surface area contributed by atoms with Gasteiger partial charge in [0.2, 0.25) is 21.8 Å². The van der Waals surface area contributed by atoms with Crippen molar-refractivity contribution in [2.24, 2.45) is 0 Å². The molecule has 0 bridgehead atoms. The van der Waals surface area contributed by atoms with Crippen molar-refractivity contribution < 1.29 is 18.0 Å². The molecule has 7 nitrogen and oxygen atoms in total. The van der Waals surface area contributed by atoms with Crippen LogP contribution in [0.15, 0.2) is 78.9 Å². The summed E-state index contributed by atoms with van der Waals surface area (Å²) in [5.74, 6) is -0.763. The van der Waals surface area contributed by atoms with Gasteiger partial charge in [0.15, 0.2) is 0 Å². The maximum atomic E-state index is 14.1. The number of halogens is 1. The monoisotopic (exact) mass is 661 g/mol. The number of benzene rings is 3. The summed E-state index contributed by atoms with van der Waals surface area (Å²) >= 11 is 2.14. The zero-order valence-corrected chi connectivity index (χ0v) is 26.0. The minimum absolute atomic E-state index is 0.158. The van der Waals surface area contributed by atoms with Crippen molar-refractivity contribution in [3.05, 3.63) is 99.1 Å². The summed E-state index contributed by atoms with van der Waals surface area (Å²) in [6.45, 7) is 7.35. The summed E-state index contributed by atoms with van der Waals surface area (Å²) in [6.07, 6.45) is 1.36. The van der Waals surface area contributed by atoms with Crippen LogP contribution in [-0.2, 0) is 32.6 Å². The summed E-state index contributed by atoms with van der Waals surface area (Å²) in [7, 11) is -3.79. The fourth-order valence-electron chi connectivity index (χ4n) is 4.20. The zero-order valence-electron chi connectivity index (χ0n) is 23.0. The van der Waals surface area contributed by atoms with E-state index in [2.05, 4.69) is 27.9 Å². The molecule has 0 aliphatic rings. The lowest BCUT2D eigenvalue weighted by Crippen LogP contribution is -2.56. The zero-order chi connectivity index (χ0) is 28.8. The fraction of sp³-hybridized carbons (Fsp3) is 0.333. The van der Waals surface area contributed by atoms with Crippen molar-refractivity contribution in [2.45, 2.75) is 52.2 Å². The molecule has 0 unspecified atom stereocenters. The molecule has 0 saturated heterocycles. The maximum Gasteiger partial charge on any atom is 0.244 e. The van der Waals surface area contributed by atoms with Crippen molar-refractivity contribution in [2.75, 3.05) is 17.1 Å². The largest absolute Gasteiger partial charge is 0.350 e. The lowest BCUT2D eigenvalue weighted by atomic mass is 10.00. The van der Waals surface area contributed by atoms with Gasteiger partial charge in [0.1, 0.15) is 12.6 Å². The van der Waals surface area contributed by atoms with Crippen LogP contribution in [0.4, 0.5) is 5.69 Å². The van der Waals surface area contributed by atoms with Gasteiger partial charge in [-0.15, -0.1) is 0 Å². The predicted molar refractivity (Wildman–Crippen MR) is 165 cm³/mol. The number of amides is 2. The van der Waals surface area contributed by atoms with Gasteiger partial charge in [-0.1, -0.05) is 54.6 Å². The Bertz CT molecular complexity index is 1390. The number of carbonyl (C=O) groups is 2. The van der Waals surface area contributed by atoms with E-state index < -0.39 is 34.1 Å². The molecular formula is C30H36IN3O4S. The van der Waals surface area contributed by atoms with E-state index in [1.54, 1.807) is 24.3 Å². The predicted octanol–water partition coefficient (Wildman–Crippen LogP) is 4.92. The summed E-state index contributed by atoms with van der Waals surface area (Å²) < 4.78 is 27.7. The molecule has 1 N–H and O–H groups in total. The Morgan fingerprint density at radius 2 is 1.51 bits per heavy atom. The standard InChI is InChI=1S/C30H36IN3O4S/c1-22-11-9-10-14-24(22)20-33(27(29(36)32-30(2,3)4)19-23-12-7-6-8-13-23)28(35)21-34(39(5,37)38)26-17-15-25(31)16-18-26/h6-18,27H,19-21H2,1-5H3,(H,32,36)/t27-/m1/s1. The molecule has 0 radical (unpaired) electrons. The van der Waals surface area contributed by atoms with Crippen LogP contribution in [0.5, 0.6) is 0 Å². The molecule has 0 aliphatic carbocycles. The van der Waals surface area contributed by atoms with Crippen molar-refractivity contribution >= 4 is 50.1 Å². The SMILES string of the molecule is Cc1ccccc1CN(C(=O)CN(c1ccc(I)cc1)S(C)(=O)=O)[C@H](Cc1ccccc1)C(=O)NC(C)(C)C. The van der Waals surface area contributed by atoms with Gasteiger partial charge in [0.05, 0.1) is 11.9 Å². The average Bonchev–Trinajstić information content (AvgIpc) is 2.85. The topological polar surface area (TPSA) is 86.8 Å². The van der Waals surface area contributed by atoms with Crippen LogP contribution in [0.3, 0.4) is 0 Å². The van der Waals surface area contributed by atoms with Gasteiger partial charge in [-0.05, 0) is 91.2 Å². The molecule has 208 valence electrons. The molecule has 0 spiro atoms. The van der Waals surface area contributed by atoms with Crippen LogP contribution in [0.25, 0.3) is 0 Å². The molecule has 9 heteroatoms. The number of anilines is 1. The molecule has 3 aromatic carbocycles. The summed E-state index contributed by atoms with van der Waals surface area (Å²) in [4.78, 5) is 29.3. The molecule has 0 saturated carbocycles. The Kier molecular flexibility index (Phi) is 10.2. The van der Waals surface area contributed by atoms with Crippen LogP contribution in [0, 0.1) is 10.5 Å². The third-order valence-corrected chi connectivity index (χ3v) is 8.02. The van der Waals surface area contributed by atoms with Crippen molar-refractivity contribution in [3.8, 4) is 0 Å². The molecule has 1 atom stereocenters. The molecule has 0 aliphatic heterocycles. The van der Waals surface area contributed by atoms with E-state index in [1.165, 1.54) is 4.90 Å². The van der Waals surface area contributed by atoms with Gasteiger partial charge in [-0.3, -0.25) is 13.9 Å². The van der Waals surface area contributed by atoms with Gasteiger partial charge < -0.3 is 10.2 Å². The first-order valence-electron chi connectivity index (χ1n) is 12.7.